The molecule has 0 nitrogen and oxygen atoms in total. The number of rotatable bonds is 2. The molecule has 9 aromatic rings. The van der Waals surface area contributed by atoms with Crippen molar-refractivity contribution in [2.24, 2.45) is 0 Å². The minimum absolute atomic E-state index is 0.438. The molecule has 9 aromatic carbocycles. The minimum Gasteiger partial charge on any atom is -0.0888 e. The first kappa shape index (κ1) is 28.5. The Labute approximate surface area is 307 Å². The van der Waals surface area contributed by atoms with Crippen LogP contribution < -0.4 is 0 Å². The minimum atomic E-state index is -0.438. The van der Waals surface area contributed by atoms with Crippen molar-refractivity contribution >= 4 is 33.3 Å². The average molecular weight is 675 g/mol. The summed E-state index contributed by atoms with van der Waals surface area (Å²) in [6.07, 6.45) is 0. The van der Waals surface area contributed by atoms with Crippen molar-refractivity contribution in [2.75, 3.05) is 0 Å². The quantitative estimate of drug-likeness (QED) is 0.176. The van der Waals surface area contributed by atoms with E-state index in [1.54, 1.807) is 0 Å². The topological polar surface area (TPSA) is 0 Å². The summed E-state index contributed by atoms with van der Waals surface area (Å²) < 4.78 is 0. The van der Waals surface area contributed by atoms with Crippen molar-refractivity contribution in [3.63, 3.8) is 0 Å². The van der Waals surface area contributed by atoms with Gasteiger partial charge in [0, 0.05) is 15.2 Å². The summed E-state index contributed by atoms with van der Waals surface area (Å²) in [5.41, 5.74) is 18.0. The first-order chi connectivity index (χ1) is 25.8. The molecule has 1 heteroatoms. The lowest BCUT2D eigenvalue weighted by Crippen LogP contribution is -2.31. The highest BCUT2D eigenvalue weighted by atomic mass is 32.2. The number of fused-ring (bicyclic) bond motifs is 11. The SMILES string of the molecule is c1ccc2c(c1)Sc1ccc(-c3ccccc3-c3ccc4c(c3)C3(c5ccccc5-4)c4ccccc4-c4cccc5cccc3c45)c3cccc-2c13. The molecule has 0 amide bonds. The standard InChI is InChI=1S/C51H30S/c1-2-15-34(35-28-29-48-50-40(35)20-11-21-42(50)39-18-5-8-25-47(39)52-48)33(14-1)32-26-27-38-36-16-3-6-22-43(36)51(46(38)30-32)44-23-7-4-17-37(44)41-19-9-12-31-13-10-24-45(51)49(31)41/h1-30H. The van der Waals surface area contributed by atoms with E-state index >= 15 is 0 Å². The Morgan fingerprint density at radius 3 is 1.67 bits per heavy atom. The Morgan fingerprint density at radius 2 is 0.865 bits per heavy atom. The van der Waals surface area contributed by atoms with E-state index in [2.05, 4.69) is 182 Å². The number of hydrogen-bond donors (Lipinski definition) is 0. The van der Waals surface area contributed by atoms with Crippen LogP contribution in [0.2, 0.25) is 0 Å². The van der Waals surface area contributed by atoms with Crippen LogP contribution in [-0.2, 0) is 5.41 Å². The van der Waals surface area contributed by atoms with Crippen molar-refractivity contribution < 1.29 is 0 Å². The maximum absolute atomic E-state index is 2.52. The highest BCUT2D eigenvalue weighted by Crippen LogP contribution is 2.62. The molecule has 240 valence electrons. The zero-order valence-corrected chi connectivity index (χ0v) is 29.0. The van der Waals surface area contributed by atoms with Crippen LogP contribution in [0.15, 0.2) is 192 Å². The lowest BCUT2D eigenvalue weighted by Gasteiger charge is -2.40. The summed E-state index contributed by atoms with van der Waals surface area (Å²) in [7, 11) is 0. The third-order valence-electron chi connectivity index (χ3n) is 11.9. The highest BCUT2D eigenvalue weighted by Gasteiger charge is 2.50. The van der Waals surface area contributed by atoms with E-state index in [0.717, 1.165) is 0 Å². The van der Waals surface area contributed by atoms with Gasteiger partial charge in [-0.3, -0.25) is 0 Å². The molecule has 1 atom stereocenters. The van der Waals surface area contributed by atoms with E-state index < -0.39 is 5.41 Å². The van der Waals surface area contributed by atoms with Gasteiger partial charge in [-0.1, -0.05) is 176 Å². The van der Waals surface area contributed by atoms with Gasteiger partial charge in [0.15, 0.2) is 0 Å². The fraction of sp³-hybridized carbons (Fsp3) is 0.0196. The fourth-order valence-corrected chi connectivity index (χ4v) is 11.0. The van der Waals surface area contributed by atoms with E-state index in [0.29, 0.717) is 0 Å². The maximum Gasteiger partial charge on any atom is 0.0725 e. The molecule has 12 rings (SSSR count). The van der Waals surface area contributed by atoms with E-state index in [9.17, 15) is 0 Å². The van der Waals surface area contributed by atoms with Gasteiger partial charge in [0.25, 0.3) is 0 Å². The largest absolute Gasteiger partial charge is 0.0888 e. The molecule has 1 heterocycles. The van der Waals surface area contributed by atoms with Gasteiger partial charge in [-0.25, -0.2) is 0 Å². The van der Waals surface area contributed by atoms with Gasteiger partial charge in [0.05, 0.1) is 5.41 Å². The number of hydrogen-bond acceptors (Lipinski definition) is 1. The van der Waals surface area contributed by atoms with Gasteiger partial charge < -0.3 is 0 Å². The Hall–Kier alpha value is -6.15. The normalized spacial score (nSPS) is 15.7. The van der Waals surface area contributed by atoms with Gasteiger partial charge in [-0.05, 0) is 112 Å². The van der Waals surface area contributed by atoms with Gasteiger partial charge in [0.2, 0.25) is 0 Å². The van der Waals surface area contributed by atoms with E-state index in [1.807, 2.05) is 11.8 Å². The molecule has 0 aromatic heterocycles. The molecule has 0 radical (unpaired) electrons. The molecule has 3 aliphatic rings. The predicted molar refractivity (Wildman–Crippen MR) is 218 cm³/mol. The summed E-state index contributed by atoms with van der Waals surface area (Å²) in [4.78, 5) is 2.65. The third kappa shape index (κ3) is 3.59. The van der Waals surface area contributed by atoms with Gasteiger partial charge in [0.1, 0.15) is 0 Å². The van der Waals surface area contributed by atoms with Crippen LogP contribution in [0.3, 0.4) is 0 Å². The van der Waals surface area contributed by atoms with Crippen LogP contribution in [0.4, 0.5) is 0 Å². The fourth-order valence-electron chi connectivity index (χ4n) is 9.88. The summed E-state index contributed by atoms with van der Waals surface area (Å²) in [6.45, 7) is 0. The molecule has 0 saturated heterocycles. The molecular formula is C51H30S. The highest BCUT2D eigenvalue weighted by molar-refractivity contribution is 7.99. The van der Waals surface area contributed by atoms with Gasteiger partial charge >= 0.3 is 0 Å². The maximum atomic E-state index is 2.52. The van der Waals surface area contributed by atoms with Gasteiger partial charge in [-0.15, -0.1) is 0 Å². The van der Waals surface area contributed by atoms with Crippen molar-refractivity contribution in [1.29, 1.82) is 0 Å². The molecule has 1 aliphatic heterocycles. The second-order valence-corrected chi connectivity index (χ2v) is 15.4. The van der Waals surface area contributed by atoms with Crippen LogP contribution in [0.5, 0.6) is 0 Å². The van der Waals surface area contributed by atoms with Crippen molar-refractivity contribution in [3.05, 3.63) is 204 Å². The van der Waals surface area contributed by atoms with Crippen molar-refractivity contribution in [2.45, 2.75) is 15.2 Å². The molecule has 0 saturated carbocycles. The van der Waals surface area contributed by atoms with E-state index in [1.165, 1.54) is 109 Å². The smallest absolute Gasteiger partial charge is 0.0725 e. The van der Waals surface area contributed by atoms with Gasteiger partial charge in [-0.2, -0.15) is 0 Å². The molecular weight excluding hydrogens is 645 g/mol. The molecule has 0 N–H and O–H groups in total. The molecule has 0 bridgehead atoms. The first-order valence-electron chi connectivity index (χ1n) is 18.1. The van der Waals surface area contributed by atoms with Crippen LogP contribution in [0.25, 0.3) is 77.2 Å². The van der Waals surface area contributed by atoms with E-state index in [-0.39, 0.29) is 0 Å². The Balaban J connectivity index is 1.13. The van der Waals surface area contributed by atoms with Crippen LogP contribution >= 0.6 is 11.8 Å². The number of benzene rings is 9. The Kier molecular flexibility index (Phi) is 5.73. The Bertz CT molecular complexity index is 3000. The first-order valence-corrected chi connectivity index (χ1v) is 18.9. The molecule has 2 aliphatic carbocycles. The lowest BCUT2D eigenvalue weighted by atomic mass is 9.61. The molecule has 0 fully saturated rings. The molecule has 1 unspecified atom stereocenters. The lowest BCUT2D eigenvalue weighted by molar-refractivity contribution is 0.774. The van der Waals surface area contributed by atoms with Crippen molar-refractivity contribution in [1.82, 2.24) is 0 Å². The monoisotopic (exact) mass is 674 g/mol. The van der Waals surface area contributed by atoms with Crippen LogP contribution in [0, 0.1) is 0 Å². The van der Waals surface area contributed by atoms with Crippen LogP contribution in [0.1, 0.15) is 22.3 Å². The zero-order valence-electron chi connectivity index (χ0n) is 28.2. The summed E-state index contributed by atoms with van der Waals surface area (Å²) in [5.74, 6) is 0. The zero-order chi connectivity index (χ0) is 34.0. The van der Waals surface area contributed by atoms with E-state index in [4.69, 9.17) is 0 Å². The third-order valence-corrected chi connectivity index (χ3v) is 13.0. The average Bonchev–Trinajstić information content (AvgIpc) is 3.50. The summed E-state index contributed by atoms with van der Waals surface area (Å²) >= 11 is 1.89. The van der Waals surface area contributed by atoms with Crippen molar-refractivity contribution in [3.8, 4) is 55.6 Å². The molecule has 1 spiro atoms. The second kappa shape index (κ2) is 10.4. The Morgan fingerprint density at radius 1 is 0.308 bits per heavy atom. The molecule has 52 heavy (non-hydrogen) atoms. The second-order valence-electron chi connectivity index (χ2n) is 14.3. The predicted octanol–water partition coefficient (Wildman–Crippen LogP) is 13.8. The summed E-state index contributed by atoms with van der Waals surface area (Å²) in [5, 5.41) is 5.31. The van der Waals surface area contributed by atoms with Crippen LogP contribution in [-0.4, -0.2) is 0 Å². The summed E-state index contributed by atoms with van der Waals surface area (Å²) in [6, 6.07) is 68.6.